The SMILES string of the molecule is CCn1nc(C(=O)Nc2ccccc2C)c2ccccc2c1=O. The van der Waals surface area contributed by atoms with Crippen LogP contribution in [-0.4, -0.2) is 15.7 Å². The first-order chi connectivity index (χ1) is 11.1. The van der Waals surface area contributed by atoms with Crippen LogP contribution in [0.3, 0.4) is 0 Å². The van der Waals surface area contributed by atoms with E-state index in [1.54, 1.807) is 24.3 Å². The first-order valence-corrected chi connectivity index (χ1v) is 7.48. The third-order valence-electron chi connectivity index (χ3n) is 3.78. The van der Waals surface area contributed by atoms with E-state index in [4.69, 9.17) is 0 Å². The largest absolute Gasteiger partial charge is 0.320 e. The Bertz CT molecular complexity index is 944. The number of anilines is 1. The lowest BCUT2D eigenvalue weighted by molar-refractivity contribution is 0.102. The van der Waals surface area contributed by atoms with E-state index in [1.807, 2.05) is 38.1 Å². The third-order valence-corrected chi connectivity index (χ3v) is 3.78. The highest BCUT2D eigenvalue weighted by Gasteiger charge is 2.16. The number of amides is 1. The predicted molar refractivity (Wildman–Crippen MR) is 90.8 cm³/mol. The Kier molecular flexibility index (Phi) is 3.93. The molecular formula is C18H17N3O2. The summed E-state index contributed by atoms with van der Waals surface area (Å²) < 4.78 is 1.31. The molecule has 23 heavy (non-hydrogen) atoms. The standard InChI is InChI=1S/C18H17N3O2/c1-3-21-18(23)14-10-6-5-9-13(14)16(20-21)17(22)19-15-11-7-4-8-12(15)2/h4-11H,3H2,1-2H3,(H,19,22). The van der Waals surface area contributed by atoms with Crippen LogP contribution in [0.5, 0.6) is 0 Å². The number of nitrogens with one attached hydrogen (secondary N) is 1. The number of carbonyl (C=O) groups excluding carboxylic acids is 1. The van der Waals surface area contributed by atoms with Crippen LogP contribution in [0.2, 0.25) is 0 Å². The second-order valence-electron chi connectivity index (χ2n) is 5.28. The molecule has 0 aliphatic carbocycles. The fourth-order valence-corrected chi connectivity index (χ4v) is 2.51. The van der Waals surface area contributed by atoms with Crippen LogP contribution in [0.15, 0.2) is 53.3 Å². The normalized spacial score (nSPS) is 10.7. The van der Waals surface area contributed by atoms with E-state index < -0.39 is 0 Å². The lowest BCUT2D eigenvalue weighted by Gasteiger charge is -2.11. The summed E-state index contributed by atoms with van der Waals surface area (Å²) in [6.07, 6.45) is 0. The minimum atomic E-state index is -0.322. The van der Waals surface area contributed by atoms with Gasteiger partial charge in [0.2, 0.25) is 0 Å². The second-order valence-corrected chi connectivity index (χ2v) is 5.28. The highest BCUT2D eigenvalue weighted by Crippen LogP contribution is 2.17. The molecule has 0 spiro atoms. The zero-order valence-electron chi connectivity index (χ0n) is 13.0. The minimum absolute atomic E-state index is 0.185. The molecule has 0 unspecified atom stereocenters. The first kappa shape index (κ1) is 15.0. The summed E-state index contributed by atoms with van der Waals surface area (Å²) in [4.78, 5) is 25.0. The molecule has 5 nitrogen and oxygen atoms in total. The monoisotopic (exact) mass is 307 g/mol. The van der Waals surface area contributed by atoms with Crippen molar-refractivity contribution < 1.29 is 4.79 Å². The molecule has 1 aromatic heterocycles. The van der Waals surface area contributed by atoms with E-state index in [0.717, 1.165) is 11.3 Å². The zero-order valence-corrected chi connectivity index (χ0v) is 13.0. The maximum absolute atomic E-state index is 12.7. The number of hydrogen-bond donors (Lipinski definition) is 1. The maximum Gasteiger partial charge on any atom is 0.276 e. The Morgan fingerprint density at radius 1 is 1.09 bits per heavy atom. The fourth-order valence-electron chi connectivity index (χ4n) is 2.51. The number of aromatic nitrogens is 2. The van der Waals surface area contributed by atoms with Crippen molar-refractivity contribution in [1.82, 2.24) is 9.78 Å². The van der Waals surface area contributed by atoms with Gasteiger partial charge in [-0.2, -0.15) is 5.10 Å². The molecule has 0 bridgehead atoms. The number of para-hydroxylation sites is 1. The van der Waals surface area contributed by atoms with Crippen molar-refractivity contribution in [3.8, 4) is 0 Å². The maximum atomic E-state index is 12.7. The van der Waals surface area contributed by atoms with Crippen LogP contribution < -0.4 is 10.9 Å². The molecule has 0 fully saturated rings. The number of hydrogen-bond acceptors (Lipinski definition) is 3. The molecule has 5 heteroatoms. The molecule has 0 saturated carbocycles. The number of fused-ring (bicyclic) bond motifs is 1. The van der Waals surface area contributed by atoms with Crippen LogP contribution in [0.4, 0.5) is 5.69 Å². The Morgan fingerprint density at radius 2 is 1.74 bits per heavy atom. The average molecular weight is 307 g/mol. The molecule has 0 aliphatic heterocycles. The minimum Gasteiger partial charge on any atom is -0.320 e. The molecule has 2 aromatic carbocycles. The summed E-state index contributed by atoms with van der Waals surface area (Å²) in [6, 6.07) is 14.6. The number of nitrogens with zero attached hydrogens (tertiary/aromatic N) is 2. The van der Waals surface area contributed by atoms with Gasteiger partial charge in [-0.05, 0) is 31.5 Å². The summed E-state index contributed by atoms with van der Waals surface area (Å²) in [5.41, 5.74) is 1.77. The van der Waals surface area contributed by atoms with Crippen molar-refractivity contribution in [1.29, 1.82) is 0 Å². The quantitative estimate of drug-likeness (QED) is 0.809. The topological polar surface area (TPSA) is 64.0 Å². The summed E-state index contributed by atoms with van der Waals surface area (Å²) in [7, 11) is 0. The Morgan fingerprint density at radius 3 is 2.43 bits per heavy atom. The van der Waals surface area contributed by atoms with Gasteiger partial charge in [0.05, 0.1) is 5.39 Å². The van der Waals surface area contributed by atoms with Crippen molar-refractivity contribution in [3.05, 3.63) is 70.1 Å². The summed E-state index contributed by atoms with van der Waals surface area (Å²) >= 11 is 0. The highest BCUT2D eigenvalue weighted by atomic mass is 16.2. The molecule has 0 radical (unpaired) electrons. The van der Waals surface area contributed by atoms with Crippen LogP contribution in [0.25, 0.3) is 10.8 Å². The second kappa shape index (κ2) is 6.04. The van der Waals surface area contributed by atoms with Crippen LogP contribution in [0, 0.1) is 6.92 Å². The number of rotatable bonds is 3. The van der Waals surface area contributed by atoms with Crippen LogP contribution >= 0.6 is 0 Å². The molecule has 3 aromatic rings. The van der Waals surface area contributed by atoms with E-state index in [2.05, 4.69) is 10.4 Å². The van der Waals surface area contributed by atoms with Crippen molar-refractivity contribution in [3.63, 3.8) is 0 Å². The summed E-state index contributed by atoms with van der Waals surface area (Å²) in [6.45, 7) is 4.16. The smallest absolute Gasteiger partial charge is 0.276 e. The van der Waals surface area contributed by atoms with Crippen molar-refractivity contribution in [2.24, 2.45) is 0 Å². The molecule has 0 saturated heterocycles. The van der Waals surface area contributed by atoms with Gasteiger partial charge >= 0.3 is 0 Å². The zero-order chi connectivity index (χ0) is 16.4. The molecule has 1 amide bonds. The van der Waals surface area contributed by atoms with E-state index in [0.29, 0.717) is 17.3 Å². The summed E-state index contributed by atoms with van der Waals surface area (Å²) in [5, 5.41) is 8.17. The van der Waals surface area contributed by atoms with E-state index >= 15 is 0 Å². The molecule has 116 valence electrons. The van der Waals surface area contributed by atoms with Gasteiger partial charge in [-0.3, -0.25) is 9.59 Å². The van der Waals surface area contributed by atoms with Gasteiger partial charge in [-0.15, -0.1) is 0 Å². The lowest BCUT2D eigenvalue weighted by atomic mass is 10.1. The number of carbonyl (C=O) groups is 1. The Balaban J connectivity index is 2.12. The third kappa shape index (κ3) is 2.73. The fraction of sp³-hybridized carbons (Fsp3) is 0.167. The van der Waals surface area contributed by atoms with Gasteiger partial charge in [0.15, 0.2) is 5.69 Å². The van der Waals surface area contributed by atoms with Gasteiger partial charge in [0.1, 0.15) is 0 Å². The van der Waals surface area contributed by atoms with Crippen LogP contribution in [0.1, 0.15) is 23.0 Å². The predicted octanol–water partition coefficient (Wildman–Crippen LogP) is 2.98. The molecular weight excluding hydrogens is 290 g/mol. The van der Waals surface area contributed by atoms with E-state index in [1.165, 1.54) is 4.68 Å². The van der Waals surface area contributed by atoms with Gasteiger partial charge in [-0.1, -0.05) is 36.4 Å². The molecule has 0 atom stereocenters. The van der Waals surface area contributed by atoms with Gasteiger partial charge in [0.25, 0.3) is 11.5 Å². The first-order valence-electron chi connectivity index (χ1n) is 7.48. The number of benzene rings is 2. The van der Waals surface area contributed by atoms with E-state index in [-0.39, 0.29) is 17.2 Å². The van der Waals surface area contributed by atoms with Gasteiger partial charge < -0.3 is 5.32 Å². The molecule has 3 rings (SSSR count). The Labute approximate surface area is 133 Å². The van der Waals surface area contributed by atoms with Crippen molar-refractivity contribution in [2.75, 3.05) is 5.32 Å². The highest BCUT2D eigenvalue weighted by molar-refractivity contribution is 6.11. The lowest BCUT2D eigenvalue weighted by Crippen LogP contribution is -2.27. The Hall–Kier alpha value is -2.95. The van der Waals surface area contributed by atoms with E-state index in [9.17, 15) is 9.59 Å². The van der Waals surface area contributed by atoms with Crippen molar-refractivity contribution >= 4 is 22.4 Å². The van der Waals surface area contributed by atoms with Crippen LogP contribution in [-0.2, 0) is 6.54 Å². The molecule has 1 heterocycles. The molecule has 0 aliphatic rings. The van der Waals surface area contributed by atoms with Crippen molar-refractivity contribution in [2.45, 2.75) is 20.4 Å². The van der Waals surface area contributed by atoms with Gasteiger partial charge in [0, 0.05) is 17.6 Å². The van der Waals surface area contributed by atoms with Gasteiger partial charge in [-0.25, -0.2) is 4.68 Å². The average Bonchev–Trinajstić information content (AvgIpc) is 2.57. The summed E-state index contributed by atoms with van der Waals surface area (Å²) in [5.74, 6) is -0.322. The molecule has 1 N–H and O–H groups in total. The number of aryl methyl sites for hydroxylation is 2.